The van der Waals surface area contributed by atoms with Crippen molar-refractivity contribution < 1.29 is 4.79 Å². The highest BCUT2D eigenvalue weighted by atomic mass is 16.2. The van der Waals surface area contributed by atoms with Gasteiger partial charge in [0.25, 0.3) is 5.56 Å². The van der Waals surface area contributed by atoms with Crippen molar-refractivity contribution in [3.63, 3.8) is 0 Å². The fourth-order valence-electron chi connectivity index (χ4n) is 2.66. The maximum absolute atomic E-state index is 12.4. The summed E-state index contributed by atoms with van der Waals surface area (Å²) in [6.45, 7) is -0.125. The number of hydrogen-bond donors (Lipinski definition) is 1. The molecule has 9 heteroatoms. The third-order valence-electron chi connectivity index (χ3n) is 3.99. The Kier molecular flexibility index (Phi) is 3.81. The largest absolute Gasteiger partial charge is 0.325 e. The topological polar surface area (TPSA) is 99.6 Å². The summed E-state index contributed by atoms with van der Waals surface area (Å²) in [6, 6.07) is 7.32. The van der Waals surface area contributed by atoms with E-state index in [9.17, 15) is 9.59 Å². The fourth-order valence-corrected chi connectivity index (χ4v) is 2.66. The molecular weight excluding hydrogens is 334 g/mol. The van der Waals surface area contributed by atoms with E-state index in [-0.39, 0.29) is 18.0 Å². The molecule has 0 aliphatic heterocycles. The Morgan fingerprint density at radius 1 is 1.19 bits per heavy atom. The number of aryl methyl sites for hydroxylation is 1. The number of imidazole rings is 1. The number of benzene rings is 1. The minimum absolute atomic E-state index is 0.125. The second kappa shape index (κ2) is 6.28. The molecule has 3 heterocycles. The normalized spacial score (nSPS) is 11.0. The van der Waals surface area contributed by atoms with E-state index < -0.39 is 0 Å². The summed E-state index contributed by atoms with van der Waals surface area (Å²) in [7, 11) is 1.71. The standard InChI is InChI=1S/C17H15N7O2/c1-22-16-14(8-20-22)17(26)24(11-19-16)9-15(25)21-12-2-4-13(5-3-12)23-7-6-18-10-23/h2-8,10-11H,9H2,1H3,(H,21,25). The van der Waals surface area contributed by atoms with Crippen molar-refractivity contribution in [2.45, 2.75) is 6.54 Å². The van der Waals surface area contributed by atoms with E-state index >= 15 is 0 Å². The lowest BCUT2D eigenvalue weighted by molar-refractivity contribution is -0.116. The Morgan fingerprint density at radius 3 is 2.73 bits per heavy atom. The average molecular weight is 349 g/mol. The lowest BCUT2D eigenvalue weighted by Gasteiger charge is -2.08. The van der Waals surface area contributed by atoms with Crippen molar-refractivity contribution in [2.24, 2.45) is 7.05 Å². The van der Waals surface area contributed by atoms with Gasteiger partial charge in [-0.15, -0.1) is 0 Å². The first-order chi connectivity index (χ1) is 12.6. The number of carbonyl (C=O) groups is 1. The SMILES string of the molecule is Cn1ncc2c(=O)n(CC(=O)Nc3ccc(-n4ccnc4)cc3)cnc21. The number of anilines is 1. The molecule has 3 aromatic heterocycles. The number of nitrogens with zero attached hydrogens (tertiary/aromatic N) is 6. The van der Waals surface area contributed by atoms with Crippen molar-refractivity contribution in [1.82, 2.24) is 28.9 Å². The van der Waals surface area contributed by atoms with E-state index in [1.54, 1.807) is 31.7 Å². The molecule has 0 aliphatic carbocycles. The number of rotatable bonds is 4. The zero-order chi connectivity index (χ0) is 18.1. The van der Waals surface area contributed by atoms with Gasteiger partial charge in [-0.2, -0.15) is 5.10 Å². The Hall–Kier alpha value is -3.75. The molecule has 1 aromatic carbocycles. The molecular formula is C17H15N7O2. The second-order valence-electron chi connectivity index (χ2n) is 5.75. The highest BCUT2D eigenvalue weighted by molar-refractivity contribution is 5.90. The Morgan fingerprint density at radius 2 is 2.00 bits per heavy atom. The number of aromatic nitrogens is 6. The molecule has 0 saturated heterocycles. The maximum atomic E-state index is 12.4. The van der Waals surface area contributed by atoms with E-state index in [1.165, 1.54) is 21.8 Å². The van der Waals surface area contributed by atoms with Crippen LogP contribution in [0.4, 0.5) is 5.69 Å². The van der Waals surface area contributed by atoms with Gasteiger partial charge in [0.05, 0.1) is 12.5 Å². The van der Waals surface area contributed by atoms with Crippen LogP contribution in [0.15, 0.2) is 60.3 Å². The maximum Gasteiger partial charge on any atom is 0.264 e. The van der Waals surface area contributed by atoms with Crippen LogP contribution in [0, 0.1) is 0 Å². The lowest BCUT2D eigenvalue weighted by Crippen LogP contribution is -2.27. The van der Waals surface area contributed by atoms with Crippen LogP contribution in [0.1, 0.15) is 0 Å². The van der Waals surface area contributed by atoms with Gasteiger partial charge in [0.1, 0.15) is 18.3 Å². The molecule has 0 saturated carbocycles. The molecule has 0 spiro atoms. The van der Waals surface area contributed by atoms with Crippen LogP contribution in [0.2, 0.25) is 0 Å². The van der Waals surface area contributed by atoms with Crippen molar-refractivity contribution in [3.05, 3.63) is 65.9 Å². The third kappa shape index (κ3) is 2.86. The van der Waals surface area contributed by atoms with E-state index in [0.717, 1.165) is 5.69 Å². The Balaban J connectivity index is 1.49. The predicted octanol–water partition coefficient (Wildman–Crippen LogP) is 0.954. The molecule has 26 heavy (non-hydrogen) atoms. The summed E-state index contributed by atoms with van der Waals surface area (Å²) < 4.78 is 4.64. The monoisotopic (exact) mass is 349 g/mol. The first-order valence-electron chi connectivity index (χ1n) is 7.87. The summed E-state index contributed by atoms with van der Waals surface area (Å²) in [5.74, 6) is -0.312. The first-order valence-corrected chi connectivity index (χ1v) is 7.87. The van der Waals surface area contributed by atoms with Gasteiger partial charge >= 0.3 is 0 Å². The zero-order valence-corrected chi connectivity index (χ0v) is 13.9. The van der Waals surface area contributed by atoms with E-state index in [1.807, 2.05) is 22.9 Å². The molecule has 130 valence electrons. The van der Waals surface area contributed by atoms with E-state index in [4.69, 9.17) is 0 Å². The van der Waals surface area contributed by atoms with Crippen molar-refractivity contribution in [3.8, 4) is 5.69 Å². The van der Waals surface area contributed by atoms with Crippen LogP contribution in [-0.4, -0.2) is 34.8 Å². The minimum Gasteiger partial charge on any atom is -0.325 e. The predicted molar refractivity (Wildman–Crippen MR) is 95.0 cm³/mol. The fraction of sp³-hybridized carbons (Fsp3) is 0.118. The quantitative estimate of drug-likeness (QED) is 0.591. The number of nitrogens with one attached hydrogen (secondary N) is 1. The van der Waals surface area contributed by atoms with Crippen LogP contribution in [0.5, 0.6) is 0 Å². The molecule has 9 nitrogen and oxygen atoms in total. The summed E-state index contributed by atoms with van der Waals surface area (Å²) >= 11 is 0. The minimum atomic E-state index is -0.312. The molecule has 0 atom stereocenters. The van der Waals surface area contributed by atoms with Gasteiger partial charge in [-0.3, -0.25) is 18.8 Å². The number of hydrogen-bond acceptors (Lipinski definition) is 5. The third-order valence-corrected chi connectivity index (χ3v) is 3.99. The molecule has 0 fully saturated rings. The van der Waals surface area contributed by atoms with Crippen LogP contribution in [0.25, 0.3) is 16.7 Å². The van der Waals surface area contributed by atoms with E-state index in [2.05, 4.69) is 20.4 Å². The molecule has 0 radical (unpaired) electrons. The number of fused-ring (bicyclic) bond motifs is 1. The first kappa shape index (κ1) is 15.8. The molecule has 0 bridgehead atoms. The zero-order valence-electron chi connectivity index (χ0n) is 13.9. The summed E-state index contributed by atoms with van der Waals surface area (Å²) in [5, 5.41) is 7.16. The molecule has 0 unspecified atom stereocenters. The van der Waals surface area contributed by atoms with Crippen LogP contribution >= 0.6 is 0 Å². The van der Waals surface area contributed by atoms with Crippen molar-refractivity contribution >= 4 is 22.6 Å². The van der Waals surface area contributed by atoms with Gasteiger partial charge in [-0.1, -0.05) is 0 Å². The summed E-state index contributed by atoms with van der Waals surface area (Å²) in [6.07, 6.45) is 8.03. The highest BCUT2D eigenvalue weighted by Crippen LogP contribution is 2.13. The lowest BCUT2D eigenvalue weighted by atomic mass is 10.2. The average Bonchev–Trinajstić information content (AvgIpc) is 3.29. The van der Waals surface area contributed by atoms with Crippen molar-refractivity contribution in [1.29, 1.82) is 0 Å². The van der Waals surface area contributed by atoms with Crippen LogP contribution < -0.4 is 10.9 Å². The second-order valence-corrected chi connectivity index (χ2v) is 5.75. The summed E-state index contributed by atoms with van der Waals surface area (Å²) in [4.78, 5) is 32.8. The summed E-state index contributed by atoms with van der Waals surface area (Å²) in [5.41, 5.74) is 1.76. The molecule has 1 N–H and O–H groups in total. The van der Waals surface area contributed by atoms with Gasteiger partial charge in [0.15, 0.2) is 5.65 Å². The molecule has 4 rings (SSSR count). The van der Waals surface area contributed by atoms with Gasteiger partial charge in [-0.05, 0) is 24.3 Å². The Bertz CT molecular complexity index is 1120. The van der Waals surface area contributed by atoms with Gasteiger partial charge < -0.3 is 9.88 Å². The van der Waals surface area contributed by atoms with Gasteiger partial charge in [0.2, 0.25) is 5.91 Å². The van der Waals surface area contributed by atoms with Gasteiger partial charge in [-0.25, -0.2) is 9.97 Å². The van der Waals surface area contributed by atoms with E-state index in [0.29, 0.717) is 16.7 Å². The smallest absolute Gasteiger partial charge is 0.264 e. The number of carbonyl (C=O) groups excluding carboxylic acids is 1. The molecule has 1 amide bonds. The van der Waals surface area contributed by atoms with Crippen molar-refractivity contribution in [2.75, 3.05) is 5.32 Å². The molecule has 0 aliphatic rings. The highest BCUT2D eigenvalue weighted by Gasteiger charge is 2.11. The number of amides is 1. The van der Waals surface area contributed by atoms with Crippen LogP contribution in [-0.2, 0) is 18.4 Å². The Labute approximate surface area is 147 Å². The van der Waals surface area contributed by atoms with Crippen LogP contribution in [0.3, 0.4) is 0 Å². The molecule has 4 aromatic rings. The van der Waals surface area contributed by atoms with Gasteiger partial charge in [0, 0.05) is 30.8 Å².